The molecule has 102 valence electrons. The Hall–Kier alpha value is -2.86. The van der Waals surface area contributed by atoms with Crippen molar-refractivity contribution in [3.8, 4) is 6.07 Å². The molecule has 2 aromatic carbocycles. The van der Waals surface area contributed by atoms with Gasteiger partial charge in [-0.1, -0.05) is 36.4 Å². The predicted molar refractivity (Wildman–Crippen MR) is 81.2 cm³/mol. The quantitative estimate of drug-likeness (QED) is 0.796. The SMILES string of the molecule is Cc1cccc2c1C=CN(C(=O)c1ccccc1)C2C#N. The van der Waals surface area contributed by atoms with Crippen LogP contribution in [0.1, 0.15) is 33.1 Å². The fraction of sp³-hybridized carbons (Fsp3) is 0.111. The topological polar surface area (TPSA) is 44.1 Å². The van der Waals surface area contributed by atoms with E-state index in [1.807, 2.05) is 49.4 Å². The molecule has 3 nitrogen and oxygen atoms in total. The average Bonchev–Trinajstić information content (AvgIpc) is 2.54. The maximum Gasteiger partial charge on any atom is 0.259 e. The Kier molecular flexibility index (Phi) is 3.29. The Balaban J connectivity index is 2.04. The third-order valence-corrected chi connectivity index (χ3v) is 3.71. The van der Waals surface area contributed by atoms with E-state index in [0.29, 0.717) is 5.56 Å². The fourth-order valence-electron chi connectivity index (χ4n) is 2.61. The number of nitrogens with zero attached hydrogens (tertiary/aromatic N) is 2. The highest BCUT2D eigenvalue weighted by Gasteiger charge is 2.28. The van der Waals surface area contributed by atoms with Crippen LogP contribution in [0.5, 0.6) is 0 Å². The molecule has 1 aliphatic rings. The maximum atomic E-state index is 12.6. The van der Waals surface area contributed by atoms with Gasteiger partial charge in [0, 0.05) is 11.8 Å². The molecule has 0 aromatic heterocycles. The van der Waals surface area contributed by atoms with Crippen molar-refractivity contribution in [2.45, 2.75) is 13.0 Å². The second-order valence-electron chi connectivity index (χ2n) is 5.00. The van der Waals surface area contributed by atoms with Gasteiger partial charge in [-0.25, -0.2) is 0 Å². The Morgan fingerprint density at radius 1 is 1.14 bits per heavy atom. The van der Waals surface area contributed by atoms with E-state index in [-0.39, 0.29) is 5.91 Å². The van der Waals surface area contributed by atoms with Crippen molar-refractivity contribution in [2.24, 2.45) is 0 Å². The van der Waals surface area contributed by atoms with Crippen molar-refractivity contribution >= 4 is 12.0 Å². The van der Waals surface area contributed by atoms with Crippen LogP contribution in [0.4, 0.5) is 0 Å². The van der Waals surface area contributed by atoms with Gasteiger partial charge in [0.2, 0.25) is 0 Å². The minimum atomic E-state index is -0.586. The van der Waals surface area contributed by atoms with E-state index in [1.165, 1.54) is 4.90 Å². The largest absolute Gasteiger partial charge is 0.294 e. The second-order valence-corrected chi connectivity index (χ2v) is 5.00. The normalized spacial score (nSPS) is 16.2. The molecule has 1 atom stereocenters. The van der Waals surface area contributed by atoms with Crippen LogP contribution in [0.15, 0.2) is 54.7 Å². The molecule has 0 N–H and O–H groups in total. The third kappa shape index (κ3) is 2.21. The van der Waals surface area contributed by atoms with Crippen LogP contribution >= 0.6 is 0 Å². The molecule has 3 rings (SSSR count). The van der Waals surface area contributed by atoms with Crippen molar-refractivity contribution in [2.75, 3.05) is 0 Å². The number of hydrogen-bond donors (Lipinski definition) is 0. The number of benzene rings is 2. The zero-order valence-electron chi connectivity index (χ0n) is 11.7. The Morgan fingerprint density at radius 2 is 1.90 bits per heavy atom. The first kappa shape index (κ1) is 13.1. The summed E-state index contributed by atoms with van der Waals surface area (Å²) in [7, 11) is 0. The van der Waals surface area contributed by atoms with Crippen molar-refractivity contribution in [1.82, 2.24) is 4.90 Å². The molecule has 1 amide bonds. The Bertz CT molecular complexity index is 757. The third-order valence-electron chi connectivity index (χ3n) is 3.71. The van der Waals surface area contributed by atoms with Gasteiger partial charge in [-0.15, -0.1) is 0 Å². The molecule has 0 fully saturated rings. The molecule has 0 bridgehead atoms. The van der Waals surface area contributed by atoms with Crippen LogP contribution < -0.4 is 0 Å². The summed E-state index contributed by atoms with van der Waals surface area (Å²) in [6.07, 6.45) is 3.61. The zero-order valence-corrected chi connectivity index (χ0v) is 11.7. The van der Waals surface area contributed by atoms with Gasteiger partial charge in [-0.3, -0.25) is 9.69 Å². The number of fused-ring (bicyclic) bond motifs is 1. The minimum absolute atomic E-state index is 0.162. The van der Waals surface area contributed by atoms with E-state index in [1.54, 1.807) is 18.3 Å². The first-order valence-corrected chi connectivity index (χ1v) is 6.77. The van der Waals surface area contributed by atoms with E-state index in [2.05, 4.69) is 6.07 Å². The highest BCUT2D eigenvalue weighted by molar-refractivity contribution is 5.96. The van der Waals surface area contributed by atoms with Gasteiger partial charge in [0.25, 0.3) is 5.91 Å². The molecule has 0 saturated carbocycles. The van der Waals surface area contributed by atoms with Gasteiger partial charge < -0.3 is 0 Å². The van der Waals surface area contributed by atoms with Gasteiger partial charge in [-0.2, -0.15) is 5.26 Å². The van der Waals surface area contributed by atoms with Crippen LogP contribution in [0.3, 0.4) is 0 Å². The van der Waals surface area contributed by atoms with Gasteiger partial charge >= 0.3 is 0 Å². The molecule has 0 saturated heterocycles. The molecule has 21 heavy (non-hydrogen) atoms. The maximum absolute atomic E-state index is 12.6. The standard InChI is InChI=1S/C18H14N2O/c1-13-6-5-9-16-15(13)10-11-20(17(16)12-19)18(21)14-7-3-2-4-8-14/h2-11,17H,1H3. The number of amides is 1. The van der Waals surface area contributed by atoms with Crippen LogP contribution in [-0.4, -0.2) is 10.8 Å². The fourth-order valence-corrected chi connectivity index (χ4v) is 2.61. The summed E-state index contributed by atoms with van der Waals surface area (Å²) in [6, 6.07) is 16.5. The van der Waals surface area contributed by atoms with Crippen LogP contribution in [-0.2, 0) is 0 Å². The first-order valence-electron chi connectivity index (χ1n) is 6.77. The zero-order chi connectivity index (χ0) is 14.8. The summed E-state index contributed by atoms with van der Waals surface area (Å²) in [5.41, 5.74) is 3.60. The molecule has 1 heterocycles. The van der Waals surface area contributed by atoms with Crippen molar-refractivity contribution < 1.29 is 4.79 Å². The molecular formula is C18H14N2O. The molecule has 0 spiro atoms. The van der Waals surface area contributed by atoms with Crippen molar-refractivity contribution in [3.05, 3.63) is 77.0 Å². The van der Waals surface area contributed by atoms with E-state index in [0.717, 1.165) is 16.7 Å². The Morgan fingerprint density at radius 3 is 2.62 bits per heavy atom. The summed E-state index contributed by atoms with van der Waals surface area (Å²) >= 11 is 0. The van der Waals surface area contributed by atoms with Crippen molar-refractivity contribution in [1.29, 1.82) is 5.26 Å². The lowest BCUT2D eigenvalue weighted by Gasteiger charge is -2.29. The molecule has 1 aliphatic heterocycles. The lowest BCUT2D eigenvalue weighted by atomic mass is 9.93. The van der Waals surface area contributed by atoms with Crippen LogP contribution in [0.25, 0.3) is 6.08 Å². The Labute approximate surface area is 123 Å². The minimum Gasteiger partial charge on any atom is -0.294 e. The second kappa shape index (κ2) is 5.26. The molecule has 2 aromatic rings. The molecule has 1 unspecified atom stereocenters. The molecule has 0 radical (unpaired) electrons. The lowest BCUT2D eigenvalue weighted by molar-refractivity contribution is 0.0794. The summed E-state index contributed by atoms with van der Waals surface area (Å²) in [5.74, 6) is -0.162. The summed E-state index contributed by atoms with van der Waals surface area (Å²) in [6.45, 7) is 2.01. The van der Waals surface area contributed by atoms with Gasteiger partial charge in [-0.05, 0) is 41.8 Å². The highest BCUT2D eigenvalue weighted by atomic mass is 16.2. The summed E-state index contributed by atoms with van der Waals surface area (Å²) < 4.78 is 0. The van der Waals surface area contributed by atoms with Crippen LogP contribution in [0, 0.1) is 18.3 Å². The van der Waals surface area contributed by atoms with E-state index < -0.39 is 6.04 Å². The number of carbonyl (C=O) groups excluding carboxylic acids is 1. The van der Waals surface area contributed by atoms with Crippen molar-refractivity contribution in [3.63, 3.8) is 0 Å². The predicted octanol–water partition coefficient (Wildman–Crippen LogP) is 3.69. The van der Waals surface area contributed by atoms with E-state index >= 15 is 0 Å². The highest BCUT2D eigenvalue weighted by Crippen LogP contribution is 2.32. The number of carbonyl (C=O) groups is 1. The number of hydrogen-bond acceptors (Lipinski definition) is 2. The lowest BCUT2D eigenvalue weighted by Crippen LogP contribution is -2.31. The first-order chi connectivity index (χ1) is 10.2. The van der Waals surface area contributed by atoms with Crippen LogP contribution in [0.2, 0.25) is 0 Å². The average molecular weight is 274 g/mol. The van der Waals surface area contributed by atoms with Gasteiger partial charge in [0.1, 0.15) is 6.04 Å². The van der Waals surface area contributed by atoms with E-state index in [9.17, 15) is 10.1 Å². The summed E-state index contributed by atoms with van der Waals surface area (Å²) in [5, 5.41) is 9.52. The number of nitriles is 1. The monoisotopic (exact) mass is 274 g/mol. The number of rotatable bonds is 1. The number of aryl methyl sites for hydroxylation is 1. The summed E-state index contributed by atoms with van der Waals surface area (Å²) in [4.78, 5) is 14.1. The van der Waals surface area contributed by atoms with Gasteiger partial charge in [0.15, 0.2) is 0 Å². The smallest absolute Gasteiger partial charge is 0.259 e. The molecule has 3 heteroatoms. The van der Waals surface area contributed by atoms with E-state index in [4.69, 9.17) is 0 Å². The molecule has 0 aliphatic carbocycles. The van der Waals surface area contributed by atoms with Gasteiger partial charge in [0.05, 0.1) is 6.07 Å². The molecular weight excluding hydrogens is 260 g/mol.